The Bertz CT molecular complexity index is 479. The Hall–Kier alpha value is -1.26. The lowest BCUT2D eigenvalue weighted by Crippen LogP contribution is -2.37. The van der Waals surface area contributed by atoms with E-state index < -0.39 is 0 Å². The standard InChI is InChI=1S/C15H21ClN2O2/c1-10(19)17-13-8-7-11(9-12(13)16)18-14-5-3-4-6-15(14)20-2/h7-9,14-15,18H,3-6H2,1-2H3,(H,17,19). The van der Waals surface area contributed by atoms with Gasteiger partial charge in [0.05, 0.1) is 22.9 Å². The average molecular weight is 297 g/mol. The maximum Gasteiger partial charge on any atom is 0.221 e. The Kier molecular flexibility index (Phi) is 5.26. The van der Waals surface area contributed by atoms with E-state index in [1.165, 1.54) is 19.8 Å². The number of benzene rings is 1. The van der Waals surface area contributed by atoms with Crippen LogP contribution >= 0.6 is 11.6 Å². The number of rotatable bonds is 4. The van der Waals surface area contributed by atoms with Crippen LogP contribution in [0.2, 0.25) is 5.02 Å². The fourth-order valence-electron chi connectivity index (χ4n) is 2.65. The minimum Gasteiger partial charge on any atom is -0.380 e. The van der Waals surface area contributed by atoms with Gasteiger partial charge in [0.2, 0.25) is 5.91 Å². The first-order valence-electron chi connectivity index (χ1n) is 6.96. The predicted octanol–water partition coefficient (Wildman–Crippen LogP) is 3.67. The summed E-state index contributed by atoms with van der Waals surface area (Å²) >= 11 is 6.18. The van der Waals surface area contributed by atoms with Crippen LogP contribution in [0.4, 0.5) is 11.4 Å². The predicted molar refractivity (Wildman–Crippen MR) is 82.4 cm³/mol. The van der Waals surface area contributed by atoms with E-state index in [-0.39, 0.29) is 12.0 Å². The van der Waals surface area contributed by atoms with Crippen molar-refractivity contribution in [3.8, 4) is 0 Å². The van der Waals surface area contributed by atoms with E-state index in [2.05, 4.69) is 10.6 Å². The van der Waals surface area contributed by atoms with Crippen molar-refractivity contribution >= 4 is 28.9 Å². The van der Waals surface area contributed by atoms with Gasteiger partial charge in [-0.1, -0.05) is 24.4 Å². The lowest BCUT2D eigenvalue weighted by atomic mass is 9.92. The van der Waals surface area contributed by atoms with Crippen molar-refractivity contribution in [2.75, 3.05) is 17.7 Å². The van der Waals surface area contributed by atoms with Crippen molar-refractivity contribution < 1.29 is 9.53 Å². The molecule has 2 N–H and O–H groups in total. The summed E-state index contributed by atoms with van der Waals surface area (Å²) in [5.41, 5.74) is 1.59. The Morgan fingerprint density at radius 1 is 1.35 bits per heavy atom. The number of anilines is 2. The molecule has 2 unspecified atom stereocenters. The Morgan fingerprint density at radius 2 is 2.10 bits per heavy atom. The molecule has 0 bridgehead atoms. The maximum atomic E-state index is 11.0. The van der Waals surface area contributed by atoms with Gasteiger partial charge in [0.25, 0.3) is 0 Å². The molecule has 1 saturated carbocycles. The molecule has 0 radical (unpaired) electrons. The molecular formula is C15H21ClN2O2. The van der Waals surface area contributed by atoms with Crippen LogP contribution in [0.5, 0.6) is 0 Å². The molecule has 2 rings (SSSR count). The molecule has 1 aliphatic carbocycles. The molecule has 0 aliphatic heterocycles. The number of methoxy groups -OCH3 is 1. The largest absolute Gasteiger partial charge is 0.380 e. The van der Waals surface area contributed by atoms with Gasteiger partial charge >= 0.3 is 0 Å². The highest BCUT2D eigenvalue weighted by molar-refractivity contribution is 6.34. The number of amides is 1. The van der Waals surface area contributed by atoms with Gasteiger partial charge in [0, 0.05) is 19.7 Å². The number of nitrogens with one attached hydrogen (secondary N) is 2. The molecule has 20 heavy (non-hydrogen) atoms. The highest BCUT2D eigenvalue weighted by atomic mass is 35.5. The van der Waals surface area contributed by atoms with E-state index >= 15 is 0 Å². The summed E-state index contributed by atoms with van der Waals surface area (Å²) in [5.74, 6) is -0.126. The van der Waals surface area contributed by atoms with E-state index in [0.717, 1.165) is 18.5 Å². The Labute approximate surface area is 124 Å². The third-order valence-electron chi connectivity index (χ3n) is 3.64. The minimum atomic E-state index is -0.126. The van der Waals surface area contributed by atoms with Gasteiger partial charge in [0.1, 0.15) is 0 Å². The number of hydrogen-bond donors (Lipinski definition) is 2. The third kappa shape index (κ3) is 3.87. The van der Waals surface area contributed by atoms with Crippen molar-refractivity contribution in [3.05, 3.63) is 23.2 Å². The minimum absolute atomic E-state index is 0.126. The number of halogens is 1. The fourth-order valence-corrected chi connectivity index (χ4v) is 2.88. The molecule has 1 fully saturated rings. The lowest BCUT2D eigenvalue weighted by Gasteiger charge is -2.31. The van der Waals surface area contributed by atoms with Gasteiger partial charge in [-0.2, -0.15) is 0 Å². The van der Waals surface area contributed by atoms with Crippen LogP contribution in [-0.2, 0) is 9.53 Å². The Morgan fingerprint density at radius 3 is 2.75 bits per heavy atom. The van der Waals surface area contributed by atoms with Crippen molar-refractivity contribution in [2.24, 2.45) is 0 Å². The molecule has 5 heteroatoms. The molecule has 1 amide bonds. The molecule has 1 aromatic rings. The smallest absolute Gasteiger partial charge is 0.221 e. The number of carbonyl (C=O) groups is 1. The summed E-state index contributed by atoms with van der Waals surface area (Å²) in [4.78, 5) is 11.0. The van der Waals surface area contributed by atoms with E-state index in [1.54, 1.807) is 7.11 Å². The van der Waals surface area contributed by atoms with Gasteiger partial charge in [-0.25, -0.2) is 0 Å². The van der Waals surface area contributed by atoms with Crippen LogP contribution in [-0.4, -0.2) is 25.2 Å². The maximum absolute atomic E-state index is 11.0. The van der Waals surface area contributed by atoms with Crippen molar-refractivity contribution in [2.45, 2.75) is 44.8 Å². The zero-order chi connectivity index (χ0) is 14.5. The second-order valence-corrected chi connectivity index (χ2v) is 5.59. The molecule has 110 valence electrons. The van der Waals surface area contributed by atoms with Gasteiger partial charge in [-0.3, -0.25) is 4.79 Å². The summed E-state index contributed by atoms with van der Waals surface area (Å²) < 4.78 is 5.53. The first-order valence-corrected chi connectivity index (χ1v) is 7.34. The van der Waals surface area contributed by atoms with E-state index in [9.17, 15) is 4.79 Å². The first kappa shape index (κ1) is 15.1. The lowest BCUT2D eigenvalue weighted by molar-refractivity contribution is -0.114. The molecule has 1 aromatic carbocycles. The SMILES string of the molecule is COC1CCCCC1Nc1ccc(NC(C)=O)c(Cl)c1. The molecule has 1 aliphatic rings. The van der Waals surface area contributed by atoms with Crippen molar-refractivity contribution in [1.82, 2.24) is 0 Å². The highest BCUT2D eigenvalue weighted by Crippen LogP contribution is 2.28. The number of hydrogen-bond acceptors (Lipinski definition) is 3. The van der Waals surface area contributed by atoms with Gasteiger partial charge in [-0.15, -0.1) is 0 Å². The summed E-state index contributed by atoms with van der Waals surface area (Å²) in [6.45, 7) is 1.47. The van der Waals surface area contributed by atoms with E-state index in [4.69, 9.17) is 16.3 Å². The van der Waals surface area contributed by atoms with Crippen molar-refractivity contribution in [1.29, 1.82) is 0 Å². The van der Waals surface area contributed by atoms with Crippen LogP contribution in [0.25, 0.3) is 0 Å². The van der Waals surface area contributed by atoms with Gasteiger partial charge in [-0.05, 0) is 31.0 Å². The van der Waals surface area contributed by atoms with E-state index in [0.29, 0.717) is 16.8 Å². The topological polar surface area (TPSA) is 50.4 Å². The first-order chi connectivity index (χ1) is 9.60. The fraction of sp³-hybridized carbons (Fsp3) is 0.533. The molecule has 4 nitrogen and oxygen atoms in total. The molecular weight excluding hydrogens is 276 g/mol. The molecule has 2 atom stereocenters. The molecule has 0 spiro atoms. The Balaban J connectivity index is 2.05. The van der Waals surface area contributed by atoms with Gasteiger partial charge < -0.3 is 15.4 Å². The summed E-state index contributed by atoms with van der Waals surface area (Å²) in [6, 6.07) is 5.90. The zero-order valence-corrected chi connectivity index (χ0v) is 12.7. The highest BCUT2D eigenvalue weighted by Gasteiger charge is 2.24. The number of carbonyl (C=O) groups excluding carboxylic acids is 1. The van der Waals surface area contributed by atoms with Crippen LogP contribution in [0.15, 0.2) is 18.2 Å². The zero-order valence-electron chi connectivity index (χ0n) is 11.9. The van der Waals surface area contributed by atoms with Crippen LogP contribution in [0.1, 0.15) is 32.6 Å². The third-order valence-corrected chi connectivity index (χ3v) is 3.95. The second kappa shape index (κ2) is 6.95. The summed E-state index contributed by atoms with van der Waals surface area (Å²) in [7, 11) is 1.76. The van der Waals surface area contributed by atoms with Crippen LogP contribution in [0.3, 0.4) is 0 Å². The van der Waals surface area contributed by atoms with Crippen molar-refractivity contribution in [3.63, 3.8) is 0 Å². The molecule has 0 saturated heterocycles. The number of ether oxygens (including phenoxy) is 1. The second-order valence-electron chi connectivity index (χ2n) is 5.19. The monoisotopic (exact) mass is 296 g/mol. The summed E-state index contributed by atoms with van der Waals surface area (Å²) in [6.07, 6.45) is 4.88. The van der Waals surface area contributed by atoms with Crippen LogP contribution in [0, 0.1) is 0 Å². The normalized spacial score (nSPS) is 22.4. The van der Waals surface area contributed by atoms with Crippen LogP contribution < -0.4 is 10.6 Å². The summed E-state index contributed by atoms with van der Waals surface area (Å²) in [5, 5.41) is 6.72. The van der Waals surface area contributed by atoms with Gasteiger partial charge in [0.15, 0.2) is 0 Å². The average Bonchev–Trinajstić information content (AvgIpc) is 2.42. The van der Waals surface area contributed by atoms with E-state index in [1.807, 2.05) is 18.2 Å². The molecule has 0 aromatic heterocycles. The quantitative estimate of drug-likeness (QED) is 0.891. The molecule has 0 heterocycles.